The molecule has 0 bridgehead atoms. The van der Waals surface area contributed by atoms with Gasteiger partial charge in [0.2, 0.25) is 0 Å². The highest BCUT2D eigenvalue weighted by molar-refractivity contribution is 5.61. The molecule has 2 aromatic rings. The van der Waals surface area contributed by atoms with Crippen molar-refractivity contribution < 1.29 is 14.1 Å². The van der Waals surface area contributed by atoms with Gasteiger partial charge in [-0.2, -0.15) is 0 Å². The quantitative estimate of drug-likeness (QED) is 0.653. The van der Waals surface area contributed by atoms with E-state index in [0.29, 0.717) is 13.2 Å². The number of hydrogen-bond acceptors (Lipinski definition) is 4. The third-order valence-electron chi connectivity index (χ3n) is 2.94. The maximum absolute atomic E-state index is 13.2. The van der Waals surface area contributed by atoms with E-state index < -0.39 is 10.7 Å². The lowest BCUT2D eigenvalue weighted by molar-refractivity contribution is -0.384. The molecule has 0 heterocycles. The summed E-state index contributed by atoms with van der Waals surface area (Å²) in [5.41, 5.74) is 1.95. The molecule has 5 nitrogen and oxygen atoms in total. The van der Waals surface area contributed by atoms with Crippen molar-refractivity contribution in [3.63, 3.8) is 0 Å². The molecule has 0 aliphatic carbocycles. The Balaban J connectivity index is 2.14. The molecule has 2 aromatic carbocycles. The monoisotopic (exact) mass is 290 g/mol. The minimum Gasteiger partial charge on any atom is -0.380 e. The number of ether oxygens (including phenoxy) is 1. The van der Waals surface area contributed by atoms with Crippen molar-refractivity contribution in [3.8, 4) is 0 Å². The van der Waals surface area contributed by atoms with Crippen LogP contribution in [-0.4, -0.2) is 12.0 Å². The summed E-state index contributed by atoms with van der Waals surface area (Å²) in [7, 11) is 1.61. The number of halogens is 1. The van der Waals surface area contributed by atoms with Crippen LogP contribution in [0.4, 0.5) is 15.8 Å². The zero-order chi connectivity index (χ0) is 15.2. The molecule has 0 atom stereocenters. The molecule has 110 valence electrons. The minimum atomic E-state index is -0.539. The molecule has 0 aliphatic heterocycles. The number of rotatable bonds is 6. The zero-order valence-corrected chi connectivity index (χ0v) is 11.5. The van der Waals surface area contributed by atoms with Crippen molar-refractivity contribution in [3.05, 3.63) is 69.5 Å². The lowest BCUT2D eigenvalue weighted by atomic mass is 10.1. The molecule has 0 radical (unpaired) electrons. The summed E-state index contributed by atoms with van der Waals surface area (Å²) in [5, 5.41) is 13.8. The van der Waals surface area contributed by atoms with E-state index >= 15 is 0 Å². The van der Waals surface area contributed by atoms with Gasteiger partial charge in [0.1, 0.15) is 11.5 Å². The number of nitro groups is 1. The predicted molar refractivity (Wildman–Crippen MR) is 77.5 cm³/mol. The lowest BCUT2D eigenvalue weighted by Crippen LogP contribution is -2.03. The third kappa shape index (κ3) is 4.00. The van der Waals surface area contributed by atoms with Gasteiger partial charge in [0.15, 0.2) is 0 Å². The first-order chi connectivity index (χ1) is 10.1. The van der Waals surface area contributed by atoms with E-state index in [1.807, 2.05) is 24.3 Å². The first-order valence-corrected chi connectivity index (χ1v) is 6.34. The van der Waals surface area contributed by atoms with Crippen LogP contribution in [0, 0.1) is 15.9 Å². The molecule has 21 heavy (non-hydrogen) atoms. The van der Waals surface area contributed by atoms with Crippen molar-refractivity contribution in [2.24, 2.45) is 0 Å². The van der Waals surface area contributed by atoms with Gasteiger partial charge < -0.3 is 10.1 Å². The van der Waals surface area contributed by atoms with E-state index in [2.05, 4.69) is 5.32 Å². The molecule has 0 spiro atoms. The number of hydrogen-bond donors (Lipinski definition) is 1. The van der Waals surface area contributed by atoms with Gasteiger partial charge in [-0.15, -0.1) is 0 Å². The van der Waals surface area contributed by atoms with Gasteiger partial charge in [0.05, 0.1) is 11.5 Å². The molecule has 0 saturated carbocycles. The number of methoxy groups -OCH3 is 1. The Labute approximate surface area is 121 Å². The first-order valence-electron chi connectivity index (χ1n) is 6.34. The van der Waals surface area contributed by atoms with Crippen LogP contribution < -0.4 is 5.32 Å². The van der Waals surface area contributed by atoms with E-state index in [4.69, 9.17) is 4.74 Å². The average molecular weight is 290 g/mol. The van der Waals surface area contributed by atoms with Gasteiger partial charge in [-0.3, -0.25) is 10.1 Å². The zero-order valence-electron chi connectivity index (χ0n) is 11.5. The van der Waals surface area contributed by atoms with E-state index in [9.17, 15) is 14.5 Å². The molecule has 0 fully saturated rings. The maximum atomic E-state index is 13.2. The molecule has 1 N–H and O–H groups in total. The lowest BCUT2D eigenvalue weighted by Gasteiger charge is -2.08. The summed E-state index contributed by atoms with van der Waals surface area (Å²) in [6.45, 7) is 0.857. The van der Waals surface area contributed by atoms with Crippen LogP contribution in [0.25, 0.3) is 0 Å². The molecular formula is C15H15FN2O3. The van der Waals surface area contributed by atoms with E-state index in [-0.39, 0.29) is 11.4 Å². The van der Waals surface area contributed by atoms with Crippen LogP contribution in [0.2, 0.25) is 0 Å². The fraction of sp³-hybridized carbons (Fsp3) is 0.200. The highest BCUT2D eigenvalue weighted by Gasteiger charge is 2.14. The molecule has 0 unspecified atom stereocenters. The maximum Gasteiger partial charge on any atom is 0.292 e. The summed E-state index contributed by atoms with van der Waals surface area (Å²) in [4.78, 5) is 10.4. The van der Waals surface area contributed by atoms with Crippen molar-refractivity contribution in [2.45, 2.75) is 13.2 Å². The Kier molecular flexibility index (Phi) is 4.84. The molecule has 0 aliphatic rings. The van der Waals surface area contributed by atoms with E-state index in [0.717, 1.165) is 29.3 Å². The Morgan fingerprint density at radius 2 is 2.00 bits per heavy atom. The average Bonchev–Trinajstić information content (AvgIpc) is 2.45. The molecular weight excluding hydrogens is 275 g/mol. The van der Waals surface area contributed by atoms with Crippen molar-refractivity contribution in [2.75, 3.05) is 12.4 Å². The second-order valence-corrected chi connectivity index (χ2v) is 4.53. The number of nitro benzene ring substituents is 1. The summed E-state index contributed by atoms with van der Waals surface area (Å²) in [5.74, 6) is -0.517. The van der Waals surface area contributed by atoms with Crippen LogP contribution in [0.1, 0.15) is 11.1 Å². The van der Waals surface area contributed by atoms with Gasteiger partial charge in [0.25, 0.3) is 5.69 Å². The number of nitrogens with zero attached hydrogens (tertiary/aromatic N) is 1. The summed E-state index contributed by atoms with van der Waals surface area (Å²) >= 11 is 0. The number of nitrogens with one attached hydrogen (secondary N) is 1. The summed E-state index contributed by atoms with van der Waals surface area (Å²) in [6.07, 6.45) is 0. The van der Waals surface area contributed by atoms with Crippen LogP contribution in [0.3, 0.4) is 0 Å². The fourth-order valence-corrected chi connectivity index (χ4v) is 2.00. The van der Waals surface area contributed by atoms with Crippen molar-refractivity contribution in [1.29, 1.82) is 0 Å². The topological polar surface area (TPSA) is 64.4 Å². The fourth-order valence-electron chi connectivity index (χ4n) is 2.00. The molecule has 0 aromatic heterocycles. The number of benzene rings is 2. The van der Waals surface area contributed by atoms with Gasteiger partial charge in [-0.05, 0) is 17.2 Å². The van der Waals surface area contributed by atoms with Crippen LogP contribution in [0.5, 0.6) is 0 Å². The van der Waals surface area contributed by atoms with E-state index in [1.165, 1.54) is 0 Å². The Bertz CT molecular complexity index is 647. The molecule has 0 amide bonds. The van der Waals surface area contributed by atoms with Crippen molar-refractivity contribution in [1.82, 2.24) is 0 Å². The molecule has 0 saturated heterocycles. The van der Waals surface area contributed by atoms with E-state index in [1.54, 1.807) is 7.11 Å². The standard InChI is InChI=1S/C15H15FN2O3/c1-21-10-12-4-2-3-11(7-12)9-17-14-8-13(16)5-6-15(14)18(19)20/h2-8,17H,9-10H2,1H3. The Morgan fingerprint density at radius 3 is 2.71 bits per heavy atom. The van der Waals surface area contributed by atoms with Crippen LogP contribution >= 0.6 is 0 Å². The second kappa shape index (κ2) is 6.81. The highest BCUT2D eigenvalue weighted by Crippen LogP contribution is 2.25. The van der Waals surface area contributed by atoms with Gasteiger partial charge >= 0.3 is 0 Å². The normalized spacial score (nSPS) is 10.4. The molecule has 2 rings (SSSR count). The molecule has 6 heteroatoms. The smallest absolute Gasteiger partial charge is 0.292 e. The number of anilines is 1. The predicted octanol–water partition coefficient (Wildman–Crippen LogP) is 3.49. The summed E-state index contributed by atoms with van der Waals surface area (Å²) < 4.78 is 18.3. The second-order valence-electron chi connectivity index (χ2n) is 4.53. The first kappa shape index (κ1) is 14.9. The van der Waals surface area contributed by atoms with Crippen LogP contribution in [0.15, 0.2) is 42.5 Å². The Morgan fingerprint density at radius 1 is 1.24 bits per heavy atom. The van der Waals surface area contributed by atoms with Gasteiger partial charge in [-0.1, -0.05) is 24.3 Å². The van der Waals surface area contributed by atoms with Crippen molar-refractivity contribution >= 4 is 11.4 Å². The summed E-state index contributed by atoms with van der Waals surface area (Å²) in [6, 6.07) is 11.0. The van der Waals surface area contributed by atoms with Gasteiger partial charge in [0, 0.05) is 25.8 Å². The SMILES string of the molecule is COCc1cccc(CNc2cc(F)ccc2[N+](=O)[O-])c1. The van der Waals surface area contributed by atoms with Gasteiger partial charge in [-0.25, -0.2) is 4.39 Å². The van der Waals surface area contributed by atoms with Crippen LogP contribution in [-0.2, 0) is 17.9 Å². The minimum absolute atomic E-state index is 0.149. The Hall–Kier alpha value is -2.47. The third-order valence-corrected chi connectivity index (χ3v) is 2.94. The highest BCUT2D eigenvalue weighted by atomic mass is 19.1. The largest absolute Gasteiger partial charge is 0.380 e.